The Labute approximate surface area is 236 Å². The van der Waals surface area contributed by atoms with Gasteiger partial charge in [0.2, 0.25) is 0 Å². The molecule has 1 heteroatoms. The standard InChI is InChI=1S/C35H23N.C4H8/c1-2-10-24-21-25(18-17-23(24)9-1)36-26-19-20-30-29-13-5-8-16-33(29)35(34(30)22-26)31-14-6-3-11-27(31)28-12-4-7-15-32(28)35;1-4(2)3/h1-22,36H;1H2,2-3H3. The van der Waals surface area contributed by atoms with Crippen molar-refractivity contribution in [1.82, 2.24) is 0 Å². The summed E-state index contributed by atoms with van der Waals surface area (Å²) in [5, 5.41) is 6.20. The van der Waals surface area contributed by atoms with Gasteiger partial charge in [-0.2, -0.15) is 0 Å². The molecular formula is C39H31N. The quantitative estimate of drug-likeness (QED) is 0.227. The van der Waals surface area contributed by atoms with Crippen LogP contribution in [0.2, 0.25) is 0 Å². The second kappa shape index (κ2) is 9.39. The van der Waals surface area contributed by atoms with Crippen molar-refractivity contribution in [3.63, 3.8) is 0 Å². The molecule has 6 aromatic rings. The Morgan fingerprint density at radius 3 is 1.48 bits per heavy atom. The summed E-state index contributed by atoms with van der Waals surface area (Å²) in [4.78, 5) is 0. The van der Waals surface area contributed by atoms with Gasteiger partial charge in [-0.3, -0.25) is 0 Å². The summed E-state index contributed by atoms with van der Waals surface area (Å²) in [5.41, 5.74) is 13.9. The molecule has 192 valence electrons. The van der Waals surface area contributed by atoms with Crippen molar-refractivity contribution >= 4 is 22.1 Å². The summed E-state index contributed by atoms with van der Waals surface area (Å²) >= 11 is 0. The first-order valence-corrected chi connectivity index (χ1v) is 13.9. The van der Waals surface area contributed by atoms with Crippen molar-refractivity contribution in [2.24, 2.45) is 0 Å². The van der Waals surface area contributed by atoms with Crippen molar-refractivity contribution in [2.75, 3.05) is 5.32 Å². The molecular weight excluding hydrogens is 482 g/mol. The topological polar surface area (TPSA) is 12.0 Å². The second-order valence-electron chi connectivity index (χ2n) is 11.0. The monoisotopic (exact) mass is 513 g/mol. The summed E-state index contributed by atoms with van der Waals surface area (Å²) in [6, 6.07) is 48.8. The Balaban J connectivity index is 0.000000623. The lowest BCUT2D eigenvalue weighted by atomic mass is 9.70. The number of nitrogens with one attached hydrogen (secondary N) is 1. The van der Waals surface area contributed by atoms with Gasteiger partial charge in [0.15, 0.2) is 0 Å². The fourth-order valence-electron chi connectivity index (χ4n) is 6.61. The average molecular weight is 514 g/mol. The van der Waals surface area contributed by atoms with E-state index in [1.165, 1.54) is 60.9 Å². The molecule has 6 aromatic carbocycles. The Bertz CT molecular complexity index is 1860. The molecule has 0 aliphatic heterocycles. The number of benzene rings is 6. The van der Waals surface area contributed by atoms with E-state index in [9.17, 15) is 0 Å². The van der Waals surface area contributed by atoms with Crippen molar-refractivity contribution in [1.29, 1.82) is 0 Å². The van der Waals surface area contributed by atoms with E-state index >= 15 is 0 Å². The smallest absolute Gasteiger partial charge is 0.0726 e. The van der Waals surface area contributed by atoms with E-state index in [0.29, 0.717) is 0 Å². The molecule has 1 nitrogen and oxygen atoms in total. The molecule has 0 heterocycles. The van der Waals surface area contributed by atoms with Gasteiger partial charge in [-0.1, -0.05) is 115 Å². The molecule has 0 unspecified atom stereocenters. The highest BCUT2D eigenvalue weighted by Crippen LogP contribution is 2.62. The van der Waals surface area contributed by atoms with Crippen LogP contribution in [-0.2, 0) is 5.41 Å². The average Bonchev–Trinajstić information content (AvgIpc) is 3.44. The molecule has 0 saturated carbocycles. The van der Waals surface area contributed by atoms with Crippen LogP contribution in [0.15, 0.2) is 146 Å². The first-order valence-electron chi connectivity index (χ1n) is 13.9. The van der Waals surface area contributed by atoms with Gasteiger partial charge in [0.05, 0.1) is 5.41 Å². The Morgan fingerprint density at radius 2 is 0.900 bits per heavy atom. The predicted octanol–water partition coefficient (Wildman–Crippen LogP) is 10.5. The second-order valence-corrected chi connectivity index (χ2v) is 11.0. The van der Waals surface area contributed by atoms with Gasteiger partial charge in [-0.25, -0.2) is 0 Å². The number of hydrogen-bond acceptors (Lipinski definition) is 1. The zero-order chi connectivity index (χ0) is 27.3. The zero-order valence-corrected chi connectivity index (χ0v) is 22.9. The molecule has 0 radical (unpaired) electrons. The van der Waals surface area contributed by atoms with Crippen LogP contribution in [-0.4, -0.2) is 0 Å². The molecule has 2 aliphatic rings. The summed E-state index contributed by atoms with van der Waals surface area (Å²) < 4.78 is 0. The van der Waals surface area contributed by atoms with Crippen LogP contribution < -0.4 is 5.32 Å². The Morgan fingerprint density at radius 1 is 0.475 bits per heavy atom. The molecule has 0 fully saturated rings. The highest BCUT2D eigenvalue weighted by Gasteiger charge is 2.51. The minimum atomic E-state index is -0.305. The van der Waals surface area contributed by atoms with E-state index < -0.39 is 0 Å². The van der Waals surface area contributed by atoms with Gasteiger partial charge in [0, 0.05) is 11.4 Å². The third kappa shape index (κ3) is 3.62. The predicted molar refractivity (Wildman–Crippen MR) is 170 cm³/mol. The maximum atomic E-state index is 3.71. The number of rotatable bonds is 2. The zero-order valence-electron chi connectivity index (χ0n) is 22.9. The van der Waals surface area contributed by atoms with Crippen molar-refractivity contribution < 1.29 is 0 Å². The lowest BCUT2D eigenvalue weighted by molar-refractivity contribution is 0.794. The largest absolute Gasteiger partial charge is 0.355 e. The Hall–Kier alpha value is -4.88. The van der Waals surface area contributed by atoms with E-state index in [1.54, 1.807) is 0 Å². The van der Waals surface area contributed by atoms with Crippen LogP contribution in [0, 0.1) is 0 Å². The molecule has 0 saturated heterocycles. The summed E-state index contributed by atoms with van der Waals surface area (Å²) in [7, 11) is 0. The normalized spacial score (nSPS) is 13.1. The van der Waals surface area contributed by atoms with Gasteiger partial charge < -0.3 is 5.32 Å². The lowest BCUT2D eigenvalue weighted by Crippen LogP contribution is -2.25. The van der Waals surface area contributed by atoms with Crippen molar-refractivity contribution in [2.45, 2.75) is 19.3 Å². The fraction of sp³-hybridized carbons (Fsp3) is 0.0769. The number of fused-ring (bicyclic) bond motifs is 11. The van der Waals surface area contributed by atoms with Crippen LogP contribution in [0.3, 0.4) is 0 Å². The van der Waals surface area contributed by atoms with E-state index in [2.05, 4.69) is 145 Å². The minimum Gasteiger partial charge on any atom is -0.355 e. The van der Waals surface area contributed by atoms with E-state index in [1.807, 2.05) is 13.8 Å². The first kappa shape index (κ1) is 24.2. The van der Waals surface area contributed by atoms with Crippen LogP contribution in [0.25, 0.3) is 33.0 Å². The maximum Gasteiger partial charge on any atom is 0.0726 e. The third-order valence-corrected chi connectivity index (χ3v) is 8.04. The lowest BCUT2D eigenvalue weighted by Gasteiger charge is -2.30. The molecule has 40 heavy (non-hydrogen) atoms. The van der Waals surface area contributed by atoms with E-state index in [4.69, 9.17) is 0 Å². The number of allylic oxidation sites excluding steroid dienone is 1. The van der Waals surface area contributed by atoms with Crippen LogP contribution in [0.4, 0.5) is 11.4 Å². The van der Waals surface area contributed by atoms with Gasteiger partial charge >= 0.3 is 0 Å². The molecule has 0 amide bonds. The van der Waals surface area contributed by atoms with Crippen molar-refractivity contribution in [3.8, 4) is 22.3 Å². The molecule has 0 bridgehead atoms. The minimum absolute atomic E-state index is 0.305. The highest BCUT2D eigenvalue weighted by molar-refractivity contribution is 5.96. The highest BCUT2D eigenvalue weighted by atomic mass is 14.9. The molecule has 0 atom stereocenters. The van der Waals surface area contributed by atoms with Crippen LogP contribution >= 0.6 is 0 Å². The van der Waals surface area contributed by atoms with Crippen LogP contribution in [0.5, 0.6) is 0 Å². The molecule has 0 aromatic heterocycles. The third-order valence-electron chi connectivity index (χ3n) is 8.04. The molecule has 1 N–H and O–H groups in total. The van der Waals surface area contributed by atoms with Crippen LogP contribution in [0.1, 0.15) is 36.1 Å². The molecule has 1 spiro atoms. The van der Waals surface area contributed by atoms with Crippen molar-refractivity contribution in [3.05, 3.63) is 168 Å². The molecule has 8 rings (SSSR count). The first-order chi connectivity index (χ1) is 19.6. The van der Waals surface area contributed by atoms with Gasteiger partial charge in [0.25, 0.3) is 0 Å². The summed E-state index contributed by atoms with van der Waals surface area (Å²) in [6.45, 7) is 7.50. The van der Waals surface area contributed by atoms with Gasteiger partial charge in [-0.15, -0.1) is 6.58 Å². The SMILES string of the molecule is C=C(C)C.c1ccc2c(c1)-c1ccccc1C21c2ccccc2-c2ccc(Nc3ccc4ccccc4c3)cc21. The van der Waals surface area contributed by atoms with Gasteiger partial charge in [0.1, 0.15) is 0 Å². The molecule has 2 aliphatic carbocycles. The van der Waals surface area contributed by atoms with E-state index in [0.717, 1.165) is 11.4 Å². The fourth-order valence-corrected chi connectivity index (χ4v) is 6.61. The van der Waals surface area contributed by atoms with E-state index in [-0.39, 0.29) is 5.41 Å². The Kier molecular flexibility index (Phi) is 5.68. The number of hydrogen-bond donors (Lipinski definition) is 1. The summed E-state index contributed by atoms with van der Waals surface area (Å²) in [6.07, 6.45) is 0. The maximum absolute atomic E-state index is 3.71. The van der Waals surface area contributed by atoms with Gasteiger partial charge in [-0.05, 0) is 93.4 Å². The number of anilines is 2. The summed E-state index contributed by atoms with van der Waals surface area (Å²) in [5.74, 6) is 0.